The number of nitrogens with two attached hydrogens (primary N) is 1. The predicted octanol–water partition coefficient (Wildman–Crippen LogP) is 1.71. The van der Waals surface area contributed by atoms with E-state index in [0.29, 0.717) is 4.47 Å². The Bertz CT molecular complexity index is 440. The van der Waals surface area contributed by atoms with Gasteiger partial charge in [-0.25, -0.2) is 13.6 Å². The van der Waals surface area contributed by atoms with Crippen molar-refractivity contribution in [2.24, 2.45) is 5.14 Å². The first kappa shape index (κ1) is 10.7. The maximum atomic E-state index is 11.1. The quantitative estimate of drug-likeness (QED) is 0.839. The Morgan fingerprint density at radius 2 is 1.85 bits per heavy atom. The maximum absolute atomic E-state index is 11.1. The highest BCUT2D eigenvalue weighted by molar-refractivity contribution is 9.10. The third kappa shape index (κ3) is 2.10. The molecule has 0 saturated heterocycles. The molecule has 0 radical (unpaired) electrons. The first-order valence-electron chi connectivity index (χ1n) is 3.62. The third-order valence-corrected chi connectivity index (χ3v) is 4.17. The topological polar surface area (TPSA) is 60.2 Å². The second-order valence-electron chi connectivity index (χ2n) is 2.86. The summed E-state index contributed by atoms with van der Waals surface area (Å²) in [5.41, 5.74) is 1.92. The smallest absolute Gasteiger partial charge is 0.225 e. The minimum atomic E-state index is -3.62. The zero-order chi connectivity index (χ0) is 10.2. The first-order valence-corrected chi connectivity index (χ1v) is 5.96. The fourth-order valence-corrected chi connectivity index (χ4v) is 2.76. The number of rotatable bonds is 1. The summed E-state index contributed by atoms with van der Waals surface area (Å²) in [5.74, 6) is 0. The molecule has 5 heteroatoms. The molecule has 1 aromatic rings. The molecule has 13 heavy (non-hydrogen) atoms. The Hall–Kier alpha value is -0.390. The summed E-state index contributed by atoms with van der Waals surface area (Å²) in [6.45, 7) is 3.75. The van der Waals surface area contributed by atoms with E-state index >= 15 is 0 Å². The van der Waals surface area contributed by atoms with Crippen LogP contribution in [0.4, 0.5) is 0 Å². The number of aryl methyl sites for hydroxylation is 1. The molecular weight excluding hydrogens is 254 g/mol. The molecule has 0 bridgehead atoms. The van der Waals surface area contributed by atoms with Crippen LogP contribution in [0, 0.1) is 13.8 Å². The highest BCUT2D eigenvalue weighted by Crippen LogP contribution is 2.26. The molecule has 0 fully saturated rings. The molecule has 0 amide bonds. The molecule has 0 aliphatic heterocycles. The van der Waals surface area contributed by atoms with Crippen LogP contribution in [0.1, 0.15) is 11.1 Å². The fourth-order valence-electron chi connectivity index (χ4n) is 0.976. The summed E-state index contributed by atoms with van der Waals surface area (Å²) >= 11 is 3.21. The fraction of sp³-hybridized carbons (Fsp3) is 0.250. The molecule has 2 N–H and O–H groups in total. The predicted molar refractivity (Wildman–Crippen MR) is 55.0 cm³/mol. The number of primary sulfonamides is 1. The minimum Gasteiger partial charge on any atom is -0.225 e. The molecule has 3 nitrogen and oxygen atoms in total. The van der Waals surface area contributed by atoms with Gasteiger partial charge >= 0.3 is 0 Å². The van der Waals surface area contributed by atoms with E-state index in [1.54, 1.807) is 6.07 Å². The highest BCUT2D eigenvalue weighted by Gasteiger charge is 2.14. The van der Waals surface area contributed by atoms with Crippen LogP contribution in [0.5, 0.6) is 0 Å². The van der Waals surface area contributed by atoms with Crippen molar-refractivity contribution in [2.45, 2.75) is 18.7 Å². The largest absolute Gasteiger partial charge is 0.239 e. The molecule has 0 spiro atoms. The molecule has 0 heterocycles. The maximum Gasteiger partial charge on any atom is 0.239 e. The number of hydrogen-bond donors (Lipinski definition) is 1. The standard InChI is InChI=1S/C8H10BrNO2S/c1-5-3-4-7(13(10,11)12)8(9)6(5)2/h3-4H,1-2H3,(H2,10,11,12). The van der Waals surface area contributed by atoms with E-state index in [1.807, 2.05) is 13.8 Å². The lowest BCUT2D eigenvalue weighted by molar-refractivity contribution is 0.597. The third-order valence-electron chi connectivity index (χ3n) is 1.93. The van der Waals surface area contributed by atoms with Gasteiger partial charge in [-0.1, -0.05) is 6.07 Å². The summed E-state index contributed by atoms with van der Waals surface area (Å²) in [6, 6.07) is 3.24. The Labute approximate surface area is 86.1 Å². The molecule has 0 aliphatic rings. The van der Waals surface area contributed by atoms with E-state index in [4.69, 9.17) is 5.14 Å². The SMILES string of the molecule is Cc1ccc(S(N)(=O)=O)c(Br)c1C. The van der Waals surface area contributed by atoms with Gasteiger partial charge in [0.25, 0.3) is 0 Å². The van der Waals surface area contributed by atoms with Crippen LogP contribution < -0.4 is 5.14 Å². The van der Waals surface area contributed by atoms with Crippen LogP contribution in [-0.4, -0.2) is 8.42 Å². The normalized spacial score (nSPS) is 11.7. The molecule has 0 atom stereocenters. The number of sulfonamides is 1. The first-order chi connectivity index (χ1) is 5.84. The van der Waals surface area contributed by atoms with Gasteiger partial charge in [-0.05, 0) is 47.0 Å². The van der Waals surface area contributed by atoms with Crippen molar-refractivity contribution < 1.29 is 8.42 Å². The van der Waals surface area contributed by atoms with Crippen LogP contribution in [0.3, 0.4) is 0 Å². The molecule has 0 aromatic heterocycles. The summed E-state index contributed by atoms with van der Waals surface area (Å²) in [7, 11) is -3.62. The molecular formula is C8H10BrNO2S. The van der Waals surface area contributed by atoms with Gasteiger partial charge in [-0.2, -0.15) is 0 Å². The Morgan fingerprint density at radius 3 is 2.31 bits per heavy atom. The lowest BCUT2D eigenvalue weighted by Gasteiger charge is -2.07. The van der Waals surface area contributed by atoms with E-state index in [-0.39, 0.29) is 4.90 Å². The number of hydrogen-bond acceptors (Lipinski definition) is 2. The summed E-state index contributed by atoms with van der Waals surface area (Å²) in [4.78, 5) is 0.135. The Morgan fingerprint density at radius 1 is 1.31 bits per heavy atom. The van der Waals surface area contributed by atoms with Crippen molar-refractivity contribution in [3.63, 3.8) is 0 Å². The Balaban J connectivity index is 3.53. The van der Waals surface area contributed by atoms with Crippen LogP contribution in [0.2, 0.25) is 0 Å². The lowest BCUT2D eigenvalue weighted by Crippen LogP contribution is -2.13. The van der Waals surface area contributed by atoms with Crippen LogP contribution in [0.25, 0.3) is 0 Å². The van der Waals surface area contributed by atoms with Gasteiger partial charge in [0.15, 0.2) is 0 Å². The second-order valence-corrected chi connectivity index (χ2v) is 5.19. The van der Waals surface area contributed by atoms with Crippen LogP contribution in [0.15, 0.2) is 21.5 Å². The monoisotopic (exact) mass is 263 g/mol. The van der Waals surface area contributed by atoms with Gasteiger partial charge in [0, 0.05) is 4.47 Å². The van der Waals surface area contributed by atoms with Gasteiger partial charge in [-0.3, -0.25) is 0 Å². The molecule has 1 rings (SSSR count). The number of benzene rings is 1. The van der Waals surface area contributed by atoms with Crippen LogP contribution in [-0.2, 0) is 10.0 Å². The zero-order valence-electron chi connectivity index (χ0n) is 7.33. The van der Waals surface area contributed by atoms with E-state index in [1.165, 1.54) is 6.07 Å². The lowest BCUT2D eigenvalue weighted by atomic mass is 10.1. The highest BCUT2D eigenvalue weighted by atomic mass is 79.9. The van der Waals surface area contributed by atoms with Crippen molar-refractivity contribution in [3.05, 3.63) is 27.7 Å². The van der Waals surface area contributed by atoms with Gasteiger partial charge in [0.05, 0.1) is 4.90 Å². The summed E-state index contributed by atoms with van der Waals surface area (Å²) < 4.78 is 22.7. The number of halogens is 1. The van der Waals surface area contributed by atoms with Crippen molar-refractivity contribution in [3.8, 4) is 0 Å². The summed E-state index contributed by atoms with van der Waals surface area (Å²) in [6.07, 6.45) is 0. The van der Waals surface area contributed by atoms with Crippen molar-refractivity contribution in [2.75, 3.05) is 0 Å². The second kappa shape index (κ2) is 3.40. The van der Waals surface area contributed by atoms with E-state index in [0.717, 1.165) is 11.1 Å². The van der Waals surface area contributed by atoms with Crippen molar-refractivity contribution in [1.82, 2.24) is 0 Å². The average Bonchev–Trinajstić information content (AvgIpc) is 1.98. The van der Waals surface area contributed by atoms with Gasteiger partial charge in [0.2, 0.25) is 10.0 Å². The molecule has 0 unspecified atom stereocenters. The van der Waals surface area contributed by atoms with Crippen molar-refractivity contribution in [1.29, 1.82) is 0 Å². The van der Waals surface area contributed by atoms with E-state index in [2.05, 4.69) is 15.9 Å². The molecule has 0 saturated carbocycles. The minimum absolute atomic E-state index is 0.135. The van der Waals surface area contributed by atoms with E-state index < -0.39 is 10.0 Å². The molecule has 1 aromatic carbocycles. The van der Waals surface area contributed by atoms with Gasteiger partial charge < -0.3 is 0 Å². The van der Waals surface area contributed by atoms with Gasteiger partial charge in [0.1, 0.15) is 0 Å². The molecule has 72 valence electrons. The van der Waals surface area contributed by atoms with Crippen LogP contribution >= 0.6 is 15.9 Å². The van der Waals surface area contributed by atoms with Crippen molar-refractivity contribution >= 4 is 26.0 Å². The Kier molecular flexibility index (Phi) is 2.79. The molecule has 0 aliphatic carbocycles. The summed E-state index contributed by atoms with van der Waals surface area (Å²) in [5, 5.41) is 5.02. The van der Waals surface area contributed by atoms with E-state index in [9.17, 15) is 8.42 Å². The average molecular weight is 264 g/mol. The van der Waals surface area contributed by atoms with Gasteiger partial charge in [-0.15, -0.1) is 0 Å². The zero-order valence-corrected chi connectivity index (χ0v) is 9.74.